The Morgan fingerprint density at radius 1 is 1.00 bits per heavy atom. The average Bonchev–Trinajstić information content (AvgIpc) is 2.45. The first-order valence-corrected chi connectivity index (χ1v) is 6.91. The fourth-order valence-corrected chi connectivity index (χ4v) is 2.64. The van der Waals surface area contributed by atoms with Crippen molar-refractivity contribution in [2.24, 2.45) is 0 Å². The van der Waals surface area contributed by atoms with Gasteiger partial charge in [0.25, 0.3) is 5.91 Å². The number of hydrogen-bond donors (Lipinski definition) is 1. The monoisotopic (exact) mass is 316 g/mol. The maximum atomic E-state index is 12.3. The summed E-state index contributed by atoms with van der Waals surface area (Å²) in [5, 5.41) is 9.62. The number of carbonyl (C=O) groups excluding carboxylic acids is 2. The Balaban J connectivity index is 2.03. The zero-order valence-electron chi connectivity index (χ0n) is 10.7. The summed E-state index contributed by atoms with van der Waals surface area (Å²) in [6.07, 6.45) is 0. The van der Waals surface area contributed by atoms with E-state index in [1.165, 1.54) is 4.90 Å². The predicted molar refractivity (Wildman–Crippen MR) is 76.0 cm³/mol. The first-order chi connectivity index (χ1) is 9.51. The van der Waals surface area contributed by atoms with Gasteiger partial charge in [-0.1, -0.05) is 23.2 Å². The Bertz CT molecular complexity index is 508. The van der Waals surface area contributed by atoms with Crippen molar-refractivity contribution in [3.8, 4) is 0 Å². The van der Waals surface area contributed by atoms with Gasteiger partial charge in [0.15, 0.2) is 0 Å². The second-order valence-corrected chi connectivity index (χ2v) is 5.36. The van der Waals surface area contributed by atoms with Crippen molar-refractivity contribution in [1.29, 1.82) is 0 Å². The number of piperazine rings is 1. The average molecular weight is 317 g/mol. The molecule has 0 bridgehead atoms. The van der Waals surface area contributed by atoms with Crippen LogP contribution in [0.5, 0.6) is 0 Å². The first-order valence-electron chi connectivity index (χ1n) is 6.15. The van der Waals surface area contributed by atoms with Gasteiger partial charge in [0, 0.05) is 41.8 Å². The molecule has 1 aliphatic rings. The highest BCUT2D eigenvalue weighted by Gasteiger charge is 2.24. The number of aliphatic hydroxyl groups is 1. The molecule has 0 unspecified atom stereocenters. The van der Waals surface area contributed by atoms with E-state index in [2.05, 4.69) is 0 Å². The quantitative estimate of drug-likeness (QED) is 0.894. The zero-order chi connectivity index (χ0) is 14.7. The van der Waals surface area contributed by atoms with E-state index in [0.29, 0.717) is 41.8 Å². The Kier molecular flexibility index (Phi) is 4.86. The molecule has 1 saturated heterocycles. The van der Waals surface area contributed by atoms with Crippen LogP contribution in [-0.4, -0.2) is 59.5 Å². The zero-order valence-corrected chi connectivity index (χ0v) is 12.2. The standard InChI is InChI=1S/C13H14Cl2N2O3/c14-10-5-9(6-11(15)7-10)13(20)17-3-1-16(2-4-17)12(19)8-18/h5-7,18H,1-4,8H2. The molecular formula is C13H14Cl2N2O3. The summed E-state index contributed by atoms with van der Waals surface area (Å²) < 4.78 is 0. The number of nitrogens with zero attached hydrogens (tertiary/aromatic N) is 2. The summed E-state index contributed by atoms with van der Waals surface area (Å²) in [6.45, 7) is 1.18. The number of hydrogen-bond acceptors (Lipinski definition) is 3. The fraction of sp³-hybridized carbons (Fsp3) is 0.385. The molecule has 1 aromatic rings. The molecule has 1 aromatic carbocycles. The van der Waals surface area contributed by atoms with E-state index >= 15 is 0 Å². The molecule has 0 aromatic heterocycles. The minimum absolute atomic E-state index is 0.162. The van der Waals surface area contributed by atoms with Crippen molar-refractivity contribution in [2.75, 3.05) is 32.8 Å². The van der Waals surface area contributed by atoms with Gasteiger partial charge in [-0.15, -0.1) is 0 Å². The molecule has 20 heavy (non-hydrogen) atoms. The van der Waals surface area contributed by atoms with E-state index in [4.69, 9.17) is 28.3 Å². The molecule has 0 spiro atoms. The molecule has 1 aliphatic heterocycles. The molecule has 0 saturated carbocycles. The van der Waals surface area contributed by atoms with Crippen LogP contribution >= 0.6 is 23.2 Å². The molecule has 0 radical (unpaired) electrons. The van der Waals surface area contributed by atoms with Gasteiger partial charge in [0.1, 0.15) is 6.61 Å². The van der Waals surface area contributed by atoms with Crippen LogP contribution < -0.4 is 0 Å². The maximum absolute atomic E-state index is 12.3. The van der Waals surface area contributed by atoms with Crippen molar-refractivity contribution < 1.29 is 14.7 Å². The largest absolute Gasteiger partial charge is 0.387 e. The molecule has 2 amide bonds. The van der Waals surface area contributed by atoms with Crippen LogP contribution in [0, 0.1) is 0 Å². The van der Waals surface area contributed by atoms with Crippen molar-refractivity contribution >= 4 is 35.0 Å². The second-order valence-electron chi connectivity index (χ2n) is 4.49. The van der Waals surface area contributed by atoms with Gasteiger partial charge in [0.05, 0.1) is 0 Å². The number of amides is 2. The van der Waals surface area contributed by atoms with E-state index in [9.17, 15) is 9.59 Å². The van der Waals surface area contributed by atoms with Crippen LogP contribution in [0.2, 0.25) is 10.0 Å². The SMILES string of the molecule is O=C(CO)N1CCN(C(=O)c2cc(Cl)cc(Cl)c2)CC1. The summed E-state index contributed by atoms with van der Waals surface area (Å²) in [4.78, 5) is 26.8. The highest BCUT2D eigenvalue weighted by molar-refractivity contribution is 6.35. The van der Waals surface area contributed by atoms with E-state index in [1.807, 2.05) is 0 Å². The molecule has 5 nitrogen and oxygen atoms in total. The van der Waals surface area contributed by atoms with E-state index < -0.39 is 6.61 Å². The van der Waals surface area contributed by atoms with Crippen LogP contribution in [0.15, 0.2) is 18.2 Å². The normalized spacial score (nSPS) is 15.3. The molecule has 0 atom stereocenters. The lowest BCUT2D eigenvalue weighted by Crippen LogP contribution is -2.51. The van der Waals surface area contributed by atoms with Gasteiger partial charge >= 0.3 is 0 Å². The van der Waals surface area contributed by atoms with E-state index in [-0.39, 0.29) is 11.8 Å². The lowest BCUT2D eigenvalue weighted by Gasteiger charge is -2.34. The minimum Gasteiger partial charge on any atom is -0.387 e. The summed E-state index contributed by atoms with van der Waals surface area (Å²) in [5.41, 5.74) is 0.435. The highest BCUT2D eigenvalue weighted by atomic mass is 35.5. The third-order valence-corrected chi connectivity index (χ3v) is 3.60. The Hall–Kier alpha value is -1.30. The number of carbonyl (C=O) groups is 2. The highest BCUT2D eigenvalue weighted by Crippen LogP contribution is 2.20. The fourth-order valence-electron chi connectivity index (χ4n) is 2.12. The molecule has 1 N–H and O–H groups in total. The molecule has 0 aliphatic carbocycles. The van der Waals surface area contributed by atoms with Crippen LogP contribution in [0.1, 0.15) is 10.4 Å². The van der Waals surface area contributed by atoms with Crippen molar-refractivity contribution in [2.45, 2.75) is 0 Å². The van der Waals surface area contributed by atoms with Gasteiger partial charge in [-0.25, -0.2) is 0 Å². The maximum Gasteiger partial charge on any atom is 0.254 e. The summed E-state index contributed by atoms with van der Waals surface area (Å²) in [5.74, 6) is -0.478. The number of rotatable bonds is 2. The van der Waals surface area contributed by atoms with Crippen molar-refractivity contribution in [3.05, 3.63) is 33.8 Å². The van der Waals surface area contributed by atoms with Crippen LogP contribution in [0.4, 0.5) is 0 Å². The number of aliphatic hydroxyl groups excluding tert-OH is 1. The van der Waals surface area contributed by atoms with Crippen LogP contribution in [0.25, 0.3) is 0 Å². The van der Waals surface area contributed by atoms with Gasteiger partial charge in [0.2, 0.25) is 5.91 Å². The summed E-state index contributed by atoms with van der Waals surface area (Å²) in [7, 11) is 0. The van der Waals surface area contributed by atoms with E-state index in [0.717, 1.165) is 0 Å². The van der Waals surface area contributed by atoms with Gasteiger partial charge in [-0.3, -0.25) is 9.59 Å². The molecule has 1 heterocycles. The lowest BCUT2D eigenvalue weighted by atomic mass is 10.2. The Morgan fingerprint density at radius 2 is 1.50 bits per heavy atom. The Morgan fingerprint density at radius 3 is 2.00 bits per heavy atom. The molecule has 1 fully saturated rings. The van der Waals surface area contributed by atoms with Crippen molar-refractivity contribution in [3.63, 3.8) is 0 Å². The molecule has 108 valence electrons. The first kappa shape index (κ1) is 15.1. The third-order valence-electron chi connectivity index (χ3n) is 3.16. The van der Waals surface area contributed by atoms with Gasteiger partial charge < -0.3 is 14.9 Å². The molecule has 7 heteroatoms. The van der Waals surface area contributed by atoms with Gasteiger partial charge in [-0.05, 0) is 18.2 Å². The molecule has 2 rings (SSSR count). The van der Waals surface area contributed by atoms with Crippen molar-refractivity contribution in [1.82, 2.24) is 9.80 Å². The Labute approximate surface area is 126 Å². The third kappa shape index (κ3) is 3.42. The van der Waals surface area contributed by atoms with Crippen LogP contribution in [-0.2, 0) is 4.79 Å². The van der Waals surface area contributed by atoms with Crippen LogP contribution in [0.3, 0.4) is 0 Å². The summed E-state index contributed by atoms with van der Waals surface area (Å²) in [6, 6.07) is 4.71. The lowest BCUT2D eigenvalue weighted by molar-refractivity contribution is -0.135. The number of benzene rings is 1. The minimum atomic E-state index is -0.502. The topological polar surface area (TPSA) is 60.9 Å². The van der Waals surface area contributed by atoms with Gasteiger partial charge in [-0.2, -0.15) is 0 Å². The summed E-state index contributed by atoms with van der Waals surface area (Å²) >= 11 is 11.8. The second kappa shape index (κ2) is 6.43. The predicted octanol–water partition coefficient (Wildman–Crippen LogP) is 1.27. The molecular weight excluding hydrogens is 303 g/mol. The smallest absolute Gasteiger partial charge is 0.254 e. The van der Waals surface area contributed by atoms with E-state index in [1.54, 1.807) is 23.1 Å². The number of halogens is 2.